The Balaban J connectivity index is 1.95. The third-order valence-electron chi connectivity index (χ3n) is 2.91. The van der Waals surface area contributed by atoms with Gasteiger partial charge in [0.05, 0.1) is 19.0 Å². The molecule has 1 aromatic carbocycles. The maximum absolute atomic E-state index is 13.2. The summed E-state index contributed by atoms with van der Waals surface area (Å²) in [5, 5.41) is 12.3. The molecule has 9 nitrogen and oxygen atoms in total. The van der Waals surface area contributed by atoms with Gasteiger partial charge in [0.25, 0.3) is 5.56 Å². The number of rotatable bonds is 5. The summed E-state index contributed by atoms with van der Waals surface area (Å²) in [6.45, 7) is -0.149. The molecule has 0 radical (unpaired) electrons. The average Bonchev–Trinajstić information content (AvgIpc) is 2.55. The molecule has 2 amide bonds. The van der Waals surface area contributed by atoms with Crippen LogP contribution in [0.5, 0.6) is 0 Å². The number of nitrogens with zero attached hydrogens (tertiary/aromatic N) is 3. The Labute approximate surface area is 129 Å². The van der Waals surface area contributed by atoms with Crippen LogP contribution in [0.3, 0.4) is 0 Å². The third-order valence-corrected chi connectivity index (χ3v) is 2.91. The van der Waals surface area contributed by atoms with Gasteiger partial charge in [-0.2, -0.15) is 0 Å². The van der Waals surface area contributed by atoms with Crippen molar-refractivity contribution in [2.45, 2.75) is 6.54 Å². The Morgan fingerprint density at radius 2 is 2.13 bits per heavy atom. The highest BCUT2D eigenvalue weighted by molar-refractivity contribution is 5.80. The predicted molar refractivity (Wildman–Crippen MR) is 77.2 cm³/mol. The van der Waals surface area contributed by atoms with Crippen molar-refractivity contribution in [1.29, 1.82) is 0 Å². The van der Waals surface area contributed by atoms with Crippen LogP contribution in [0, 0.1) is 5.82 Å². The Kier molecular flexibility index (Phi) is 5.18. The lowest BCUT2D eigenvalue weighted by Crippen LogP contribution is -2.41. The minimum atomic E-state index is -0.594. The molecule has 2 rings (SSSR count). The number of aromatic nitrogens is 3. The van der Waals surface area contributed by atoms with Crippen molar-refractivity contribution in [2.24, 2.45) is 0 Å². The van der Waals surface area contributed by atoms with Crippen molar-refractivity contribution < 1.29 is 18.7 Å². The Morgan fingerprint density at radius 1 is 1.35 bits per heavy atom. The number of nitrogens with one attached hydrogen (secondary N) is 2. The number of halogens is 1. The molecule has 1 heterocycles. The molecule has 0 aliphatic heterocycles. The fourth-order valence-electron chi connectivity index (χ4n) is 1.76. The van der Waals surface area contributed by atoms with Crippen LogP contribution < -0.4 is 16.2 Å². The van der Waals surface area contributed by atoms with E-state index in [4.69, 9.17) is 0 Å². The third kappa shape index (κ3) is 4.22. The van der Waals surface area contributed by atoms with Gasteiger partial charge in [0.15, 0.2) is 0 Å². The van der Waals surface area contributed by atoms with Gasteiger partial charge in [0, 0.05) is 6.54 Å². The predicted octanol–water partition coefficient (Wildman–Crippen LogP) is -0.597. The van der Waals surface area contributed by atoms with Crippen LogP contribution in [0.1, 0.15) is 0 Å². The van der Waals surface area contributed by atoms with Gasteiger partial charge in [0.2, 0.25) is 0 Å². The summed E-state index contributed by atoms with van der Waals surface area (Å²) in [7, 11) is 1.20. The molecular formula is C13H14FN5O4. The van der Waals surface area contributed by atoms with Crippen LogP contribution in [0.15, 0.2) is 23.0 Å². The van der Waals surface area contributed by atoms with Crippen LogP contribution in [0.25, 0.3) is 10.9 Å². The molecule has 1 aromatic heterocycles. The van der Waals surface area contributed by atoms with E-state index in [2.05, 4.69) is 25.7 Å². The summed E-state index contributed by atoms with van der Waals surface area (Å²) in [4.78, 5) is 34.4. The highest BCUT2D eigenvalue weighted by atomic mass is 19.1. The molecule has 0 atom stereocenters. The van der Waals surface area contributed by atoms with Crippen LogP contribution in [0.4, 0.5) is 9.18 Å². The molecule has 0 spiro atoms. The molecule has 122 valence electrons. The molecule has 2 N–H and O–H groups in total. The molecule has 23 heavy (non-hydrogen) atoms. The summed E-state index contributed by atoms with van der Waals surface area (Å²) in [6, 6.07) is 3.04. The van der Waals surface area contributed by atoms with Crippen molar-refractivity contribution in [1.82, 2.24) is 25.6 Å². The van der Waals surface area contributed by atoms with Gasteiger partial charge in [-0.25, -0.2) is 13.9 Å². The SMILES string of the molecule is COC(=O)CNC(=O)NCCn1nnc2ccc(F)cc2c1=O. The Hall–Kier alpha value is -3.04. The van der Waals surface area contributed by atoms with E-state index in [1.807, 2.05) is 0 Å². The van der Waals surface area contributed by atoms with Crippen molar-refractivity contribution in [3.05, 3.63) is 34.4 Å². The number of ether oxygens (including phenoxy) is 1. The highest BCUT2D eigenvalue weighted by Gasteiger charge is 2.08. The van der Waals surface area contributed by atoms with Crippen LogP contribution >= 0.6 is 0 Å². The maximum Gasteiger partial charge on any atom is 0.325 e. The molecule has 0 aliphatic rings. The number of hydrogen-bond donors (Lipinski definition) is 2. The maximum atomic E-state index is 13.2. The van der Waals surface area contributed by atoms with Crippen molar-refractivity contribution in [2.75, 3.05) is 20.2 Å². The zero-order valence-electron chi connectivity index (χ0n) is 12.2. The fraction of sp³-hybridized carbons (Fsp3) is 0.308. The van der Waals surface area contributed by atoms with Gasteiger partial charge >= 0.3 is 12.0 Å². The normalized spacial score (nSPS) is 10.3. The monoisotopic (exact) mass is 323 g/mol. The van der Waals surface area contributed by atoms with Crippen molar-refractivity contribution in [3.8, 4) is 0 Å². The highest BCUT2D eigenvalue weighted by Crippen LogP contribution is 2.07. The zero-order chi connectivity index (χ0) is 16.8. The first-order valence-electron chi connectivity index (χ1n) is 6.63. The number of carbonyl (C=O) groups excluding carboxylic acids is 2. The van der Waals surface area contributed by atoms with Crippen molar-refractivity contribution in [3.63, 3.8) is 0 Å². The standard InChI is InChI=1S/C13H14FN5O4/c1-23-11(20)7-16-13(22)15-4-5-19-12(21)9-6-8(14)2-3-10(9)17-18-19/h2-3,6H,4-5,7H2,1H3,(H2,15,16,22). The quantitative estimate of drug-likeness (QED) is 0.710. The van der Waals surface area contributed by atoms with E-state index in [0.29, 0.717) is 0 Å². The first-order valence-corrected chi connectivity index (χ1v) is 6.63. The molecule has 0 fully saturated rings. The molecule has 0 bridgehead atoms. The second-order valence-electron chi connectivity index (χ2n) is 4.46. The minimum Gasteiger partial charge on any atom is -0.468 e. The second kappa shape index (κ2) is 7.29. The van der Waals surface area contributed by atoms with Crippen LogP contribution in [0.2, 0.25) is 0 Å². The lowest BCUT2D eigenvalue weighted by molar-refractivity contribution is -0.139. The number of carbonyl (C=O) groups is 2. The average molecular weight is 323 g/mol. The molecule has 0 aliphatic carbocycles. The lowest BCUT2D eigenvalue weighted by Gasteiger charge is -2.07. The number of hydrogen-bond acceptors (Lipinski definition) is 6. The first-order chi connectivity index (χ1) is 11.0. The number of amides is 2. The molecular weight excluding hydrogens is 309 g/mol. The van der Waals surface area contributed by atoms with Gasteiger partial charge in [-0.1, -0.05) is 5.21 Å². The number of methoxy groups -OCH3 is 1. The van der Waals surface area contributed by atoms with Crippen LogP contribution in [-0.4, -0.2) is 47.2 Å². The van der Waals surface area contributed by atoms with E-state index in [1.165, 1.54) is 19.2 Å². The van der Waals surface area contributed by atoms with Gasteiger partial charge in [-0.05, 0) is 18.2 Å². The molecule has 0 saturated carbocycles. The number of urea groups is 1. The minimum absolute atomic E-state index is 0.0456. The summed E-state index contributed by atoms with van der Waals surface area (Å²) in [5.74, 6) is -1.13. The van der Waals surface area contributed by atoms with Gasteiger partial charge in [-0.3, -0.25) is 9.59 Å². The Bertz CT molecular complexity index is 792. The smallest absolute Gasteiger partial charge is 0.325 e. The van der Waals surface area contributed by atoms with E-state index < -0.39 is 23.4 Å². The molecule has 0 saturated heterocycles. The van der Waals surface area contributed by atoms with Crippen molar-refractivity contribution >= 4 is 22.9 Å². The number of fused-ring (bicyclic) bond motifs is 1. The van der Waals surface area contributed by atoms with Gasteiger partial charge < -0.3 is 15.4 Å². The summed E-state index contributed by atoms with van der Waals surface area (Å²) < 4.78 is 18.6. The van der Waals surface area contributed by atoms with Crippen LogP contribution in [-0.2, 0) is 16.1 Å². The van der Waals surface area contributed by atoms with E-state index in [9.17, 15) is 18.8 Å². The van der Waals surface area contributed by atoms with E-state index >= 15 is 0 Å². The number of benzene rings is 1. The van der Waals surface area contributed by atoms with Gasteiger partial charge in [0.1, 0.15) is 17.9 Å². The van der Waals surface area contributed by atoms with Gasteiger partial charge in [-0.15, -0.1) is 5.10 Å². The summed E-state index contributed by atoms with van der Waals surface area (Å²) in [6.07, 6.45) is 0. The molecule has 10 heteroatoms. The zero-order valence-corrected chi connectivity index (χ0v) is 12.2. The largest absolute Gasteiger partial charge is 0.468 e. The first kappa shape index (κ1) is 16.3. The Morgan fingerprint density at radius 3 is 2.87 bits per heavy atom. The number of esters is 1. The lowest BCUT2D eigenvalue weighted by atomic mass is 10.2. The van der Waals surface area contributed by atoms with E-state index in [0.717, 1.165) is 10.7 Å². The fourth-order valence-corrected chi connectivity index (χ4v) is 1.76. The van der Waals surface area contributed by atoms with E-state index in [-0.39, 0.29) is 30.5 Å². The second-order valence-corrected chi connectivity index (χ2v) is 4.46. The topological polar surface area (TPSA) is 115 Å². The summed E-state index contributed by atoms with van der Waals surface area (Å²) in [5.41, 5.74) is -0.220. The van der Waals surface area contributed by atoms with E-state index in [1.54, 1.807) is 0 Å². The molecule has 2 aromatic rings. The summed E-state index contributed by atoms with van der Waals surface area (Å²) >= 11 is 0. The molecule has 0 unspecified atom stereocenters.